The van der Waals surface area contributed by atoms with Gasteiger partial charge in [-0.15, -0.1) is 11.3 Å². The van der Waals surface area contributed by atoms with Gasteiger partial charge in [0.25, 0.3) is 15.9 Å². The van der Waals surface area contributed by atoms with Gasteiger partial charge in [-0.1, -0.05) is 50.5 Å². The van der Waals surface area contributed by atoms with Crippen molar-refractivity contribution in [2.45, 2.75) is 82.9 Å². The third-order valence-electron chi connectivity index (χ3n) is 6.83. The first kappa shape index (κ1) is 27.6. The number of nitrogens with zero attached hydrogens (tertiary/aromatic N) is 2. The lowest BCUT2D eigenvalue weighted by molar-refractivity contribution is 0.0694. The molecule has 8 nitrogen and oxygen atoms in total. The predicted molar refractivity (Wildman–Crippen MR) is 147 cm³/mol. The lowest BCUT2D eigenvalue weighted by Gasteiger charge is -2.25. The van der Waals surface area contributed by atoms with Gasteiger partial charge in [0.15, 0.2) is 10.0 Å². The topological polar surface area (TPSA) is 121 Å². The monoisotopic (exact) mass is 544 g/mol. The van der Waals surface area contributed by atoms with Gasteiger partial charge in [0.05, 0.1) is 16.2 Å². The maximum atomic E-state index is 13.3. The Morgan fingerprint density at radius 3 is 2.43 bits per heavy atom. The molecule has 0 radical (unpaired) electrons. The molecule has 0 unspecified atom stereocenters. The van der Waals surface area contributed by atoms with Crippen molar-refractivity contribution in [2.75, 3.05) is 6.54 Å². The van der Waals surface area contributed by atoms with E-state index in [4.69, 9.17) is 4.98 Å². The number of amides is 1. The van der Waals surface area contributed by atoms with Crippen LogP contribution in [0.4, 0.5) is 0 Å². The maximum absolute atomic E-state index is 13.3. The zero-order chi connectivity index (χ0) is 27.0. The van der Waals surface area contributed by atoms with Gasteiger partial charge in [-0.3, -0.25) is 4.79 Å². The molecule has 0 saturated heterocycles. The first-order chi connectivity index (χ1) is 17.3. The zero-order valence-electron chi connectivity index (χ0n) is 22.1. The number of pyridine rings is 1. The smallest absolute Gasteiger partial charge is 0.280 e. The van der Waals surface area contributed by atoms with Crippen molar-refractivity contribution < 1.29 is 18.3 Å². The van der Waals surface area contributed by atoms with E-state index in [2.05, 4.69) is 15.0 Å². The number of hydrogen-bond acceptors (Lipinski definition) is 7. The van der Waals surface area contributed by atoms with Crippen molar-refractivity contribution in [1.82, 2.24) is 20.0 Å². The van der Waals surface area contributed by atoms with Crippen molar-refractivity contribution in [3.63, 3.8) is 0 Å². The standard InChI is InChI=1S/C27H36N4O4S2/c1-6-26(2,3)31-37(34,35)25-19-13-8-7-12-18(19)20(15-28-25)22-21(14-17-10-9-11-17)30-24(36-22)23(32)29-16-27(4,5)33/h7-8,12-13,15,17,31,33H,6,9-11,14,16H2,1-5H3,(H,29,32). The summed E-state index contributed by atoms with van der Waals surface area (Å²) in [5, 5.41) is 14.3. The number of carbonyl (C=O) groups is 1. The second-order valence-electron chi connectivity index (χ2n) is 11.2. The molecule has 1 aliphatic carbocycles. The quantitative estimate of drug-likeness (QED) is 0.341. The molecule has 1 saturated carbocycles. The Bertz CT molecular complexity index is 1400. The second kappa shape index (κ2) is 10.4. The summed E-state index contributed by atoms with van der Waals surface area (Å²) in [6.07, 6.45) is 6.43. The van der Waals surface area contributed by atoms with Crippen molar-refractivity contribution in [3.8, 4) is 10.4 Å². The Labute approximate surface area is 223 Å². The highest BCUT2D eigenvalue weighted by atomic mass is 32.2. The third kappa shape index (κ3) is 6.37. The van der Waals surface area contributed by atoms with Gasteiger partial charge in [-0.05, 0) is 51.8 Å². The number of nitrogens with one attached hydrogen (secondary N) is 2. The number of thiazole rings is 1. The molecular formula is C27H36N4O4S2. The Morgan fingerprint density at radius 1 is 1.16 bits per heavy atom. The van der Waals surface area contributed by atoms with Gasteiger partial charge in [0.1, 0.15) is 0 Å². The van der Waals surface area contributed by atoms with Gasteiger partial charge in [-0.2, -0.15) is 0 Å². The summed E-state index contributed by atoms with van der Waals surface area (Å²) >= 11 is 1.28. The molecule has 0 spiro atoms. The van der Waals surface area contributed by atoms with E-state index in [0.29, 0.717) is 22.7 Å². The van der Waals surface area contributed by atoms with E-state index in [1.54, 1.807) is 32.2 Å². The minimum atomic E-state index is -3.87. The Balaban J connectivity index is 1.80. The molecule has 1 amide bonds. The molecule has 0 bridgehead atoms. The first-order valence-corrected chi connectivity index (χ1v) is 15.0. The van der Waals surface area contributed by atoms with Crippen LogP contribution in [0.1, 0.15) is 75.8 Å². The third-order valence-corrected chi connectivity index (χ3v) is 9.62. The number of aliphatic hydroxyl groups is 1. The van der Waals surface area contributed by atoms with Crippen molar-refractivity contribution in [2.24, 2.45) is 5.92 Å². The normalized spacial score (nSPS) is 15.1. The van der Waals surface area contributed by atoms with Gasteiger partial charge < -0.3 is 10.4 Å². The van der Waals surface area contributed by atoms with Crippen LogP contribution in [0.15, 0.2) is 35.5 Å². The van der Waals surface area contributed by atoms with Crippen LogP contribution in [0.5, 0.6) is 0 Å². The summed E-state index contributed by atoms with van der Waals surface area (Å²) in [6.45, 7) is 8.99. The second-order valence-corrected chi connectivity index (χ2v) is 13.8. The Kier molecular flexibility index (Phi) is 7.77. The van der Waals surface area contributed by atoms with Gasteiger partial charge in [0, 0.05) is 29.2 Å². The number of fused-ring (bicyclic) bond motifs is 1. The molecule has 2 heterocycles. The van der Waals surface area contributed by atoms with Crippen LogP contribution in [0, 0.1) is 5.92 Å². The van der Waals surface area contributed by atoms with E-state index in [9.17, 15) is 18.3 Å². The van der Waals surface area contributed by atoms with E-state index in [-0.39, 0.29) is 17.5 Å². The lowest BCUT2D eigenvalue weighted by atomic mass is 9.82. The lowest BCUT2D eigenvalue weighted by Crippen LogP contribution is -2.43. The average molecular weight is 545 g/mol. The molecule has 3 aromatic rings. The Hall–Kier alpha value is -2.40. The fourth-order valence-electron chi connectivity index (χ4n) is 4.19. The van der Waals surface area contributed by atoms with Crippen molar-refractivity contribution >= 4 is 38.0 Å². The summed E-state index contributed by atoms with van der Waals surface area (Å²) in [5.41, 5.74) is -0.0559. The molecule has 4 rings (SSSR count). The van der Waals surface area contributed by atoms with E-state index < -0.39 is 21.2 Å². The van der Waals surface area contributed by atoms with Crippen LogP contribution >= 0.6 is 11.3 Å². The Morgan fingerprint density at radius 2 is 1.84 bits per heavy atom. The van der Waals surface area contributed by atoms with Gasteiger partial charge in [-0.25, -0.2) is 23.1 Å². The fraction of sp³-hybridized carbons (Fsp3) is 0.519. The molecular weight excluding hydrogens is 508 g/mol. The molecule has 1 aromatic carbocycles. The van der Waals surface area contributed by atoms with Crippen molar-refractivity contribution in [1.29, 1.82) is 0 Å². The summed E-state index contributed by atoms with van der Waals surface area (Å²) < 4.78 is 29.4. The number of carbonyl (C=O) groups excluding carboxylic acids is 1. The fourth-order valence-corrected chi connectivity index (χ4v) is 6.85. The minimum Gasteiger partial charge on any atom is -0.389 e. The van der Waals surface area contributed by atoms with Crippen molar-refractivity contribution in [3.05, 3.63) is 41.2 Å². The van der Waals surface area contributed by atoms with E-state index in [1.165, 1.54) is 17.8 Å². The van der Waals surface area contributed by atoms with Crippen LogP contribution in [-0.2, 0) is 16.4 Å². The minimum absolute atomic E-state index is 0.0124. The average Bonchev–Trinajstić information content (AvgIpc) is 3.21. The molecule has 3 N–H and O–H groups in total. The largest absolute Gasteiger partial charge is 0.389 e. The molecule has 0 aliphatic heterocycles. The van der Waals surface area contributed by atoms with Gasteiger partial charge in [0.2, 0.25) is 0 Å². The SMILES string of the molecule is CCC(C)(C)NS(=O)(=O)c1ncc(-c2sc(C(=O)NCC(C)(C)O)nc2CC2CCC2)c2ccccc12. The molecule has 10 heteroatoms. The highest BCUT2D eigenvalue weighted by Gasteiger charge is 2.30. The highest BCUT2D eigenvalue weighted by molar-refractivity contribution is 7.89. The zero-order valence-corrected chi connectivity index (χ0v) is 23.7. The number of aromatic nitrogens is 2. The predicted octanol–water partition coefficient (Wildman–Crippen LogP) is 4.67. The maximum Gasteiger partial charge on any atom is 0.280 e. The number of hydrogen-bond donors (Lipinski definition) is 3. The van der Waals surface area contributed by atoms with E-state index in [0.717, 1.165) is 40.8 Å². The summed E-state index contributed by atoms with van der Waals surface area (Å²) in [4.78, 5) is 22.9. The number of sulfonamides is 1. The van der Waals surface area contributed by atoms with Crippen LogP contribution in [0.25, 0.3) is 21.2 Å². The van der Waals surface area contributed by atoms with Crippen LogP contribution < -0.4 is 10.0 Å². The van der Waals surface area contributed by atoms with E-state index >= 15 is 0 Å². The van der Waals surface area contributed by atoms with Crippen LogP contribution in [-0.4, -0.2) is 47.1 Å². The molecule has 200 valence electrons. The summed E-state index contributed by atoms with van der Waals surface area (Å²) in [7, 11) is -3.87. The summed E-state index contributed by atoms with van der Waals surface area (Å²) in [6, 6.07) is 7.32. The molecule has 1 fully saturated rings. The number of benzene rings is 1. The summed E-state index contributed by atoms with van der Waals surface area (Å²) in [5.74, 6) is 0.184. The molecule has 2 aromatic heterocycles. The number of rotatable bonds is 10. The molecule has 0 atom stereocenters. The highest BCUT2D eigenvalue weighted by Crippen LogP contribution is 2.40. The molecule has 1 aliphatic rings. The first-order valence-electron chi connectivity index (χ1n) is 12.7. The molecule has 37 heavy (non-hydrogen) atoms. The van der Waals surface area contributed by atoms with Crippen LogP contribution in [0.3, 0.4) is 0 Å². The van der Waals surface area contributed by atoms with Gasteiger partial charge >= 0.3 is 0 Å². The van der Waals surface area contributed by atoms with Crippen LogP contribution in [0.2, 0.25) is 0 Å². The van der Waals surface area contributed by atoms with E-state index in [1.807, 2.05) is 32.9 Å².